The molecule has 0 aliphatic carbocycles. The van der Waals surface area contributed by atoms with Gasteiger partial charge in [0.2, 0.25) is 5.91 Å². The predicted octanol–water partition coefficient (Wildman–Crippen LogP) is 5.60. The number of benzene rings is 2. The Balaban J connectivity index is 1.72. The van der Waals surface area contributed by atoms with Crippen LogP contribution in [0.1, 0.15) is 52.5 Å². The molecular formula is C29H41N3O5. The fraction of sp³-hybridized carbons (Fsp3) is 0.517. The minimum absolute atomic E-state index is 0.0903. The molecule has 2 aromatic carbocycles. The second kappa shape index (κ2) is 13.8. The number of hydrogen-bond acceptors (Lipinski definition) is 7. The monoisotopic (exact) mass is 511 g/mol. The number of nitrogens with one attached hydrogen (secondary N) is 1. The highest BCUT2D eigenvalue weighted by Gasteiger charge is 2.28. The molecule has 0 spiro atoms. The molecule has 202 valence electrons. The van der Waals surface area contributed by atoms with Gasteiger partial charge in [0.25, 0.3) is 0 Å². The molecule has 2 aromatic rings. The number of methoxy groups -OCH3 is 2. The van der Waals surface area contributed by atoms with E-state index in [0.717, 1.165) is 24.8 Å². The number of carbonyl (C=O) groups excluding carboxylic acids is 1. The Morgan fingerprint density at radius 3 is 2.19 bits per heavy atom. The van der Waals surface area contributed by atoms with Crippen LogP contribution in [0.3, 0.4) is 0 Å². The highest BCUT2D eigenvalue weighted by Crippen LogP contribution is 2.31. The van der Waals surface area contributed by atoms with Crippen molar-refractivity contribution < 1.29 is 23.7 Å². The normalized spacial score (nSPS) is 15.8. The van der Waals surface area contributed by atoms with E-state index >= 15 is 0 Å². The Kier molecular flexibility index (Phi) is 10.5. The lowest BCUT2D eigenvalue weighted by atomic mass is 10.0. The Labute approximate surface area is 220 Å². The lowest BCUT2D eigenvalue weighted by Gasteiger charge is -2.32. The van der Waals surface area contributed by atoms with E-state index in [2.05, 4.69) is 38.1 Å². The molecule has 1 aliphatic heterocycles. The third-order valence-corrected chi connectivity index (χ3v) is 5.90. The molecule has 0 aromatic heterocycles. The number of carbonyl (C=O) groups is 1. The first kappa shape index (κ1) is 28.2. The van der Waals surface area contributed by atoms with E-state index in [1.807, 2.05) is 41.4 Å². The van der Waals surface area contributed by atoms with Gasteiger partial charge in [0.1, 0.15) is 6.04 Å². The van der Waals surface area contributed by atoms with Gasteiger partial charge in [-0.15, -0.1) is 0 Å². The summed E-state index contributed by atoms with van der Waals surface area (Å²) in [6, 6.07) is 10.8. The molecule has 1 N–H and O–H groups in total. The Morgan fingerprint density at radius 1 is 0.946 bits per heavy atom. The first-order chi connectivity index (χ1) is 17.8. The minimum Gasteiger partial charge on any atom is -0.493 e. The molecule has 0 radical (unpaired) electrons. The van der Waals surface area contributed by atoms with Gasteiger partial charge in [-0.1, -0.05) is 27.7 Å². The van der Waals surface area contributed by atoms with Gasteiger partial charge in [-0.2, -0.15) is 5.10 Å². The topological polar surface area (TPSA) is 81.6 Å². The Bertz CT molecular complexity index is 1050. The van der Waals surface area contributed by atoms with Gasteiger partial charge in [-0.3, -0.25) is 9.80 Å². The summed E-state index contributed by atoms with van der Waals surface area (Å²) >= 11 is 0. The van der Waals surface area contributed by atoms with Gasteiger partial charge in [-0.25, -0.2) is 0 Å². The zero-order valence-electron chi connectivity index (χ0n) is 23.0. The van der Waals surface area contributed by atoms with E-state index in [1.165, 1.54) is 0 Å². The fourth-order valence-electron chi connectivity index (χ4n) is 3.95. The zero-order chi connectivity index (χ0) is 26.8. The Hall–Kier alpha value is -3.42. The summed E-state index contributed by atoms with van der Waals surface area (Å²) in [5.41, 5.74) is 1.55. The molecule has 8 heteroatoms. The molecule has 1 fully saturated rings. The summed E-state index contributed by atoms with van der Waals surface area (Å²) in [4.78, 5) is 13.3. The van der Waals surface area contributed by atoms with Crippen molar-refractivity contribution in [2.45, 2.75) is 53.0 Å². The molecule has 3 rings (SSSR count). The fourth-order valence-corrected chi connectivity index (χ4v) is 3.95. The van der Waals surface area contributed by atoms with Gasteiger partial charge in [0.15, 0.2) is 23.0 Å². The second-order valence-corrected chi connectivity index (χ2v) is 10.1. The average molecular weight is 512 g/mol. The molecule has 1 heterocycles. The van der Waals surface area contributed by atoms with Gasteiger partial charge >= 0.3 is 0 Å². The zero-order valence-corrected chi connectivity index (χ0v) is 23.0. The van der Waals surface area contributed by atoms with Crippen LogP contribution in [0.2, 0.25) is 0 Å². The maximum atomic E-state index is 13.3. The summed E-state index contributed by atoms with van der Waals surface area (Å²) in [7, 11) is 3.24. The highest BCUT2D eigenvalue weighted by molar-refractivity contribution is 5.95. The van der Waals surface area contributed by atoms with Crippen LogP contribution >= 0.6 is 0 Å². The number of nitrogens with zero attached hydrogens (tertiary/aromatic N) is 2. The number of amides is 1. The maximum Gasteiger partial charge on any atom is 0.248 e. The lowest BCUT2D eigenvalue weighted by molar-refractivity contribution is -0.122. The van der Waals surface area contributed by atoms with Crippen LogP contribution in [0.15, 0.2) is 41.5 Å². The molecule has 1 atom stereocenters. The second-order valence-electron chi connectivity index (χ2n) is 10.1. The molecule has 1 unspecified atom stereocenters. The largest absolute Gasteiger partial charge is 0.493 e. The molecule has 0 saturated carbocycles. The minimum atomic E-state index is -0.359. The summed E-state index contributed by atoms with van der Waals surface area (Å²) in [5.74, 6) is 3.31. The highest BCUT2D eigenvalue weighted by atomic mass is 16.5. The summed E-state index contributed by atoms with van der Waals surface area (Å²) in [6.07, 6.45) is 4.48. The van der Waals surface area contributed by atoms with Crippen molar-refractivity contribution >= 4 is 17.8 Å². The standard InChI is InChI=1S/C29H41N3O5/c1-20(2)18-36-27-15-22(10-12-25(27)34-5)17-30-32-14-8-7-9-24(32)29(33)31-23-11-13-26(35-6)28(16-23)37-19-21(3)4/h10-13,15-17,20-21,24H,7-9,14,18-19H2,1-6H3,(H,31,33)/b30-17+. The molecule has 1 saturated heterocycles. The van der Waals surface area contributed by atoms with Crippen molar-refractivity contribution in [2.75, 3.05) is 39.3 Å². The smallest absolute Gasteiger partial charge is 0.248 e. The predicted molar refractivity (Wildman–Crippen MR) is 147 cm³/mol. The van der Waals surface area contributed by atoms with Crippen LogP contribution in [0, 0.1) is 11.8 Å². The number of hydrogen-bond donors (Lipinski definition) is 1. The van der Waals surface area contributed by atoms with Crippen molar-refractivity contribution in [3.05, 3.63) is 42.0 Å². The molecular weight excluding hydrogens is 470 g/mol. The third kappa shape index (κ3) is 8.30. The first-order valence-electron chi connectivity index (χ1n) is 13.0. The SMILES string of the molecule is COc1ccc(/C=N/N2CCCCC2C(=O)Nc2ccc(OC)c(OCC(C)C)c2)cc1OCC(C)C. The van der Waals surface area contributed by atoms with Gasteiger partial charge in [0, 0.05) is 18.3 Å². The van der Waals surface area contributed by atoms with Crippen molar-refractivity contribution in [1.82, 2.24) is 5.01 Å². The Morgan fingerprint density at radius 2 is 1.57 bits per heavy atom. The van der Waals surface area contributed by atoms with E-state index < -0.39 is 0 Å². The third-order valence-electron chi connectivity index (χ3n) is 5.90. The summed E-state index contributed by atoms with van der Waals surface area (Å²) in [5, 5.41) is 9.61. The van der Waals surface area contributed by atoms with E-state index in [4.69, 9.17) is 18.9 Å². The van der Waals surface area contributed by atoms with Crippen LogP contribution in [0.5, 0.6) is 23.0 Å². The number of ether oxygens (including phenoxy) is 4. The maximum absolute atomic E-state index is 13.3. The summed E-state index contributed by atoms with van der Waals surface area (Å²) in [6.45, 7) is 10.3. The van der Waals surface area contributed by atoms with Crippen molar-refractivity contribution in [3.8, 4) is 23.0 Å². The van der Waals surface area contributed by atoms with Crippen LogP contribution in [-0.4, -0.2) is 57.2 Å². The molecule has 0 bridgehead atoms. The van der Waals surface area contributed by atoms with Crippen molar-refractivity contribution in [2.24, 2.45) is 16.9 Å². The van der Waals surface area contributed by atoms with Gasteiger partial charge < -0.3 is 24.3 Å². The lowest BCUT2D eigenvalue weighted by Crippen LogP contribution is -2.44. The van der Waals surface area contributed by atoms with Crippen LogP contribution in [0.4, 0.5) is 5.69 Å². The number of rotatable bonds is 12. The van der Waals surface area contributed by atoms with Crippen LogP contribution in [0.25, 0.3) is 0 Å². The number of piperidine rings is 1. The number of hydrazone groups is 1. The van der Waals surface area contributed by atoms with E-state index in [0.29, 0.717) is 60.3 Å². The molecule has 37 heavy (non-hydrogen) atoms. The van der Waals surface area contributed by atoms with Crippen LogP contribution < -0.4 is 24.3 Å². The molecule has 1 amide bonds. The van der Waals surface area contributed by atoms with Gasteiger partial charge in [0.05, 0.1) is 33.6 Å². The molecule has 8 nitrogen and oxygen atoms in total. The van der Waals surface area contributed by atoms with Crippen molar-refractivity contribution in [3.63, 3.8) is 0 Å². The van der Waals surface area contributed by atoms with E-state index in [-0.39, 0.29) is 11.9 Å². The summed E-state index contributed by atoms with van der Waals surface area (Å²) < 4.78 is 22.7. The molecule has 1 aliphatic rings. The quantitative estimate of drug-likeness (QED) is 0.374. The van der Waals surface area contributed by atoms with E-state index in [1.54, 1.807) is 20.4 Å². The van der Waals surface area contributed by atoms with Crippen LogP contribution in [-0.2, 0) is 4.79 Å². The average Bonchev–Trinajstić information content (AvgIpc) is 2.89. The van der Waals surface area contributed by atoms with Gasteiger partial charge in [-0.05, 0) is 67.0 Å². The first-order valence-corrected chi connectivity index (χ1v) is 13.0. The van der Waals surface area contributed by atoms with Crippen molar-refractivity contribution in [1.29, 1.82) is 0 Å². The number of anilines is 1. The van der Waals surface area contributed by atoms with E-state index in [9.17, 15) is 4.79 Å².